The molecule has 0 aliphatic carbocycles. The molecule has 0 radical (unpaired) electrons. The molecule has 0 fully saturated rings. The molecule has 0 saturated heterocycles. The Morgan fingerprint density at radius 1 is 1.06 bits per heavy atom. The average Bonchev–Trinajstić information content (AvgIpc) is 2.76. The molecule has 3 aromatic rings. The number of pyridine rings is 1. The molecule has 1 aromatic carbocycles. The summed E-state index contributed by atoms with van der Waals surface area (Å²) in [5.74, 6) is 0.811. The lowest BCUT2D eigenvalue weighted by atomic mass is 10.2. The minimum absolute atomic E-state index is 0.427. The van der Waals surface area contributed by atoms with Crippen LogP contribution in [-0.4, -0.2) is 15.0 Å². The fourth-order valence-electron chi connectivity index (χ4n) is 1.64. The third-order valence-corrected chi connectivity index (χ3v) is 2.68. The van der Waals surface area contributed by atoms with Gasteiger partial charge in [-0.25, -0.2) is 9.97 Å². The fraction of sp³-hybridized carbons (Fsp3) is 0. The molecule has 0 bridgehead atoms. The van der Waals surface area contributed by atoms with E-state index < -0.39 is 0 Å². The number of halogens is 1. The monoisotopic (exact) mass is 229 g/mol. The first-order valence-electron chi connectivity index (χ1n) is 4.90. The van der Waals surface area contributed by atoms with Crippen molar-refractivity contribution < 1.29 is 0 Å². The summed E-state index contributed by atoms with van der Waals surface area (Å²) in [6.07, 6.45) is 1.66. The molecule has 3 nitrogen and oxygen atoms in total. The van der Waals surface area contributed by atoms with Crippen molar-refractivity contribution >= 4 is 22.6 Å². The van der Waals surface area contributed by atoms with E-state index in [1.165, 1.54) is 0 Å². The molecule has 0 aliphatic rings. The van der Waals surface area contributed by atoms with Crippen molar-refractivity contribution in [2.24, 2.45) is 0 Å². The summed E-state index contributed by atoms with van der Waals surface area (Å²) in [5, 5.41) is 0.427. The van der Waals surface area contributed by atoms with Crippen LogP contribution >= 0.6 is 11.6 Å². The summed E-state index contributed by atoms with van der Waals surface area (Å²) in [7, 11) is 0. The fourth-order valence-corrected chi connectivity index (χ4v) is 1.84. The molecule has 1 N–H and O–H groups in total. The highest BCUT2D eigenvalue weighted by molar-refractivity contribution is 6.33. The third-order valence-electron chi connectivity index (χ3n) is 2.40. The van der Waals surface area contributed by atoms with Gasteiger partial charge in [0, 0.05) is 11.8 Å². The quantitative estimate of drug-likeness (QED) is 0.651. The molecule has 0 spiro atoms. The molecule has 3 rings (SSSR count). The van der Waals surface area contributed by atoms with E-state index in [4.69, 9.17) is 11.6 Å². The Bertz CT molecular complexity index is 631. The second-order valence-corrected chi connectivity index (χ2v) is 3.81. The van der Waals surface area contributed by atoms with Crippen LogP contribution in [0.25, 0.3) is 22.4 Å². The van der Waals surface area contributed by atoms with Crippen molar-refractivity contribution in [2.75, 3.05) is 0 Å². The maximum atomic E-state index is 5.96. The van der Waals surface area contributed by atoms with Crippen LogP contribution < -0.4 is 0 Å². The zero-order valence-electron chi connectivity index (χ0n) is 8.31. The van der Waals surface area contributed by atoms with Crippen LogP contribution in [0.2, 0.25) is 5.15 Å². The SMILES string of the molecule is Clc1nccc2[nH]c(-c3ccccc3)nc12. The lowest BCUT2D eigenvalue weighted by Crippen LogP contribution is -1.78. The molecule has 16 heavy (non-hydrogen) atoms. The van der Waals surface area contributed by atoms with Gasteiger partial charge in [0.15, 0.2) is 5.15 Å². The number of nitrogens with one attached hydrogen (secondary N) is 1. The molecular weight excluding hydrogens is 222 g/mol. The molecule has 0 amide bonds. The second kappa shape index (κ2) is 3.61. The van der Waals surface area contributed by atoms with Crippen LogP contribution in [0.5, 0.6) is 0 Å². The van der Waals surface area contributed by atoms with Gasteiger partial charge < -0.3 is 4.98 Å². The lowest BCUT2D eigenvalue weighted by molar-refractivity contribution is 1.33. The molecular formula is C12H8ClN3. The molecule has 0 saturated carbocycles. The number of benzene rings is 1. The molecule has 2 heterocycles. The topological polar surface area (TPSA) is 41.6 Å². The van der Waals surface area contributed by atoms with Crippen molar-refractivity contribution in [1.82, 2.24) is 15.0 Å². The Kier molecular flexibility index (Phi) is 2.11. The van der Waals surface area contributed by atoms with Crippen LogP contribution in [0.1, 0.15) is 0 Å². The van der Waals surface area contributed by atoms with Crippen LogP contribution in [0, 0.1) is 0 Å². The first kappa shape index (κ1) is 9.36. The zero-order valence-corrected chi connectivity index (χ0v) is 9.07. The predicted molar refractivity (Wildman–Crippen MR) is 64.3 cm³/mol. The highest BCUT2D eigenvalue weighted by Gasteiger charge is 2.07. The smallest absolute Gasteiger partial charge is 0.156 e. The van der Waals surface area contributed by atoms with Gasteiger partial charge in [0.2, 0.25) is 0 Å². The minimum Gasteiger partial charge on any atom is -0.338 e. The van der Waals surface area contributed by atoms with Gasteiger partial charge in [-0.1, -0.05) is 41.9 Å². The standard InChI is InChI=1S/C12H8ClN3/c13-11-10-9(6-7-14-11)15-12(16-10)8-4-2-1-3-5-8/h1-7H,(H,15,16). The van der Waals surface area contributed by atoms with Gasteiger partial charge in [0.05, 0.1) is 5.52 Å². The van der Waals surface area contributed by atoms with Crippen LogP contribution in [-0.2, 0) is 0 Å². The van der Waals surface area contributed by atoms with Gasteiger partial charge in [0.25, 0.3) is 0 Å². The lowest BCUT2D eigenvalue weighted by Gasteiger charge is -1.93. The summed E-state index contributed by atoms with van der Waals surface area (Å²) in [6.45, 7) is 0. The van der Waals surface area contributed by atoms with E-state index in [9.17, 15) is 0 Å². The first-order valence-corrected chi connectivity index (χ1v) is 5.28. The number of aromatic amines is 1. The van der Waals surface area contributed by atoms with Gasteiger partial charge in [-0.2, -0.15) is 0 Å². The number of hydrogen-bond donors (Lipinski definition) is 1. The molecule has 2 aromatic heterocycles. The number of rotatable bonds is 1. The highest BCUT2D eigenvalue weighted by atomic mass is 35.5. The van der Waals surface area contributed by atoms with E-state index in [0.717, 1.165) is 16.9 Å². The Morgan fingerprint density at radius 3 is 2.62 bits per heavy atom. The van der Waals surface area contributed by atoms with Crippen molar-refractivity contribution in [1.29, 1.82) is 0 Å². The number of nitrogens with zero attached hydrogens (tertiary/aromatic N) is 2. The van der Waals surface area contributed by atoms with Crippen molar-refractivity contribution in [3.8, 4) is 11.4 Å². The first-order chi connectivity index (χ1) is 7.84. The molecule has 0 unspecified atom stereocenters. The summed E-state index contributed by atoms with van der Waals surface area (Å²) in [6, 6.07) is 11.8. The van der Waals surface area contributed by atoms with Crippen molar-refractivity contribution in [3.05, 3.63) is 47.7 Å². The number of imidazole rings is 1. The third kappa shape index (κ3) is 1.46. The average molecular weight is 230 g/mol. The van der Waals surface area contributed by atoms with E-state index in [0.29, 0.717) is 10.7 Å². The molecule has 0 atom stereocenters. The number of aromatic nitrogens is 3. The van der Waals surface area contributed by atoms with Gasteiger partial charge in [-0.3, -0.25) is 0 Å². The van der Waals surface area contributed by atoms with Gasteiger partial charge in [0.1, 0.15) is 11.3 Å². The van der Waals surface area contributed by atoms with Gasteiger partial charge in [-0.05, 0) is 6.07 Å². The normalized spacial score (nSPS) is 10.8. The van der Waals surface area contributed by atoms with E-state index in [1.807, 2.05) is 36.4 Å². The summed E-state index contributed by atoms with van der Waals surface area (Å²) in [4.78, 5) is 11.6. The Hall–Kier alpha value is -1.87. The van der Waals surface area contributed by atoms with Crippen molar-refractivity contribution in [3.63, 3.8) is 0 Å². The van der Waals surface area contributed by atoms with E-state index >= 15 is 0 Å². The second-order valence-electron chi connectivity index (χ2n) is 3.45. The van der Waals surface area contributed by atoms with Crippen LogP contribution in [0.3, 0.4) is 0 Å². The summed E-state index contributed by atoms with van der Waals surface area (Å²) < 4.78 is 0. The predicted octanol–water partition coefficient (Wildman–Crippen LogP) is 3.28. The molecule has 0 aliphatic heterocycles. The minimum atomic E-state index is 0.427. The highest BCUT2D eigenvalue weighted by Crippen LogP contribution is 2.23. The van der Waals surface area contributed by atoms with Crippen LogP contribution in [0.15, 0.2) is 42.6 Å². The molecule has 4 heteroatoms. The Balaban J connectivity index is 2.23. The summed E-state index contributed by atoms with van der Waals surface area (Å²) >= 11 is 5.96. The number of H-pyrrole nitrogens is 1. The van der Waals surface area contributed by atoms with E-state index in [2.05, 4.69) is 15.0 Å². The Labute approximate surface area is 97.1 Å². The maximum absolute atomic E-state index is 5.96. The molecule has 78 valence electrons. The number of fused-ring (bicyclic) bond motifs is 1. The maximum Gasteiger partial charge on any atom is 0.156 e. The largest absolute Gasteiger partial charge is 0.338 e. The van der Waals surface area contributed by atoms with Crippen LogP contribution in [0.4, 0.5) is 0 Å². The summed E-state index contributed by atoms with van der Waals surface area (Å²) in [5.41, 5.74) is 2.65. The van der Waals surface area contributed by atoms with Crippen molar-refractivity contribution in [2.45, 2.75) is 0 Å². The van der Waals surface area contributed by atoms with E-state index in [1.54, 1.807) is 6.20 Å². The van der Waals surface area contributed by atoms with Gasteiger partial charge in [-0.15, -0.1) is 0 Å². The van der Waals surface area contributed by atoms with E-state index in [-0.39, 0.29) is 0 Å². The Morgan fingerprint density at radius 2 is 1.88 bits per heavy atom. The zero-order chi connectivity index (χ0) is 11.0. The number of hydrogen-bond acceptors (Lipinski definition) is 2. The van der Waals surface area contributed by atoms with Gasteiger partial charge >= 0.3 is 0 Å².